The van der Waals surface area contributed by atoms with Crippen LogP contribution < -0.4 is 10.6 Å². The summed E-state index contributed by atoms with van der Waals surface area (Å²) >= 11 is 0. The third kappa shape index (κ3) is 3.53. The van der Waals surface area contributed by atoms with Crippen LogP contribution >= 0.6 is 0 Å². The average molecular weight is 337 g/mol. The van der Waals surface area contributed by atoms with Crippen molar-refractivity contribution in [3.63, 3.8) is 0 Å². The first-order chi connectivity index (χ1) is 11.0. The fourth-order valence-electron chi connectivity index (χ4n) is 2.59. The van der Waals surface area contributed by atoms with Gasteiger partial charge in [-0.1, -0.05) is 18.2 Å². The number of carbonyl (C=O) groups is 2. The molecule has 23 heavy (non-hydrogen) atoms. The average Bonchev–Trinajstić information content (AvgIpc) is 3.34. The van der Waals surface area contributed by atoms with E-state index in [9.17, 15) is 18.0 Å². The van der Waals surface area contributed by atoms with Gasteiger partial charge in [-0.25, -0.2) is 8.42 Å². The van der Waals surface area contributed by atoms with E-state index >= 15 is 0 Å². The Kier molecular flexibility index (Phi) is 4.36. The first kappa shape index (κ1) is 15.9. The van der Waals surface area contributed by atoms with E-state index in [0.717, 1.165) is 17.1 Å². The summed E-state index contributed by atoms with van der Waals surface area (Å²) in [5.41, 5.74) is 0. The van der Waals surface area contributed by atoms with E-state index in [1.54, 1.807) is 18.2 Å². The van der Waals surface area contributed by atoms with Gasteiger partial charge in [0.15, 0.2) is 0 Å². The van der Waals surface area contributed by atoms with E-state index in [-0.39, 0.29) is 36.4 Å². The minimum Gasteiger partial charge on any atom is -0.353 e. The molecule has 124 valence electrons. The molecule has 1 atom stereocenters. The fraction of sp³-hybridized carbons (Fsp3) is 0.467. The maximum absolute atomic E-state index is 12.8. The van der Waals surface area contributed by atoms with E-state index in [4.69, 9.17) is 0 Å². The highest BCUT2D eigenvalue weighted by molar-refractivity contribution is 7.89. The number of carbonyl (C=O) groups excluding carboxylic acids is 2. The number of piperazine rings is 1. The Morgan fingerprint density at radius 1 is 1.26 bits per heavy atom. The third-order valence-electron chi connectivity index (χ3n) is 3.95. The number of hydrogen-bond acceptors (Lipinski definition) is 4. The number of hydrogen-bond donors (Lipinski definition) is 2. The number of nitrogens with zero attached hydrogens (tertiary/aromatic N) is 1. The van der Waals surface area contributed by atoms with Crippen molar-refractivity contribution in [2.75, 3.05) is 13.1 Å². The van der Waals surface area contributed by atoms with Crippen molar-refractivity contribution < 1.29 is 18.0 Å². The zero-order valence-electron chi connectivity index (χ0n) is 12.6. The van der Waals surface area contributed by atoms with Crippen LogP contribution in [0, 0.1) is 0 Å². The molecule has 0 spiro atoms. The highest BCUT2D eigenvalue weighted by Gasteiger charge is 2.40. The smallest absolute Gasteiger partial charge is 0.243 e. The lowest BCUT2D eigenvalue weighted by atomic mass is 10.1. The van der Waals surface area contributed by atoms with Gasteiger partial charge in [0.05, 0.1) is 11.3 Å². The van der Waals surface area contributed by atoms with E-state index in [1.807, 2.05) is 0 Å². The SMILES string of the molecule is O=C(CC1C(=O)NCCN1S(=O)(=O)c1ccccc1)NC1CC1. The number of nitrogens with one attached hydrogen (secondary N) is 2. The van der Waals surface area contributed by atoms with Crippen molar-refractivity contribution in [3.05, 3.63) is 30.3 Å². The second-order valence-corrected chi connectivity index (χ2v) is 7.67. The van der Waals surface area contributed by atoms with E-state index < -0.39 is 22.0 Å². The summed E-state index contributed by atoms with van der Waals surface area (Å²) in [5.74, 6) is -0.718. The Balaban J connectivity index is 1.82. The minimum atomic E-state index is -3.81. The minimum absolute atomic E-state index is 0.127. The van der Waals surface area contributed by atoms with Crippen LogP contribution in [0.25, 0.3) is 0 Å². The van der Waals surface area contributed by atoms with Crippen molar-refractivity contribution in [2.24, 2.45) is 0 Å². The number of sulfonamides is 1. The Labute approximate surface area is 135 Å². The van der Waals surface area contributed by atoms with Crippen molar-refractivity contribution in [1.29, 1.82) is 0 Å². The molecule has 0 bridgehead atoms. The molecule has 1 aliphatic heterocycles. The van der Waals surface area contributed by atoms with Crippen LogP contribution in [0.2, 0.25) is 0 Å². The van der Waals surface area contributed by atoms with Crippen LogP contribution in [0.3, 0.4) is 0 Å². The van der Waals surface area contributed by atoms with Gasteiger partial charge in [0, 0.05) is 19.1 Å². The maximum atomic E-state index is 12.8. The molecule has 0 aromatic heterocycles. The van der Waals surface area contributed by atoms with Gasteiger partial charge in [0.2, 0.25) is 21.8 Å². The normalized spacial score (nSPS) is 22.4. The van der Waals surface area contributed by atoms with Gasteiger partial charge in [0.1, 0.15) is 6.04 Å². The molecular formula is C15H19N3O4S. The highest BCUT2D eigenvalue weighted by atomic mass is 32.2. The Hall–Kier alpha value is -1.93. The molecular weight excluding hydrogens is 318 g/mol. The molecule has 1 saturated heterocycles. The molecule has 1 aromatic carbocycles. The van der Waals surface area contributed by atoms with Gasteiger partial charge in [-0.2, -0.15) is 4.31 Å². The largest absolute Gasteiger partial charge is 0.353 e. The Morgan fingerprint density at radius 3 is 2.61 bits per heavy atom. The summed E-state index contributed by atoms with van der Waals surface area (Å²) in [4.78, 5) is 24.3. The van der Waals surface area contributed by atoms with Crippen molar-refractivity contribution >= 4 is 21.8 Å². The summed E-state index contributed by atoms with van der Waals surface area (Å²) < 4.78 is 26.7. The molecule has 2 fully saturated rings. The standard InChI is InChI=1S/C15H19N3O4S/c19-14(17-11-6-7-11)10-13-15(20)16-8-9-18(13)23(21,22)12-4-2-1-3-5-12/h1-5,11,13H,6-10H2,(H,16,20)(H,17,19). The van der Waals surface area contributed by atoms with Crippen LogP contribution in [-0.4, -0.2) is 49.7 Å². The molecule has 8 heteroatoms. The number of rotatable bonds is 5. The molecule has 1 heterocycles. The molecule has 2 N–H and O–H groups in total. The van der Waals surface area contributed by atoms with Crippen LogP contribution in [0.4, 0.5) is 0 Å². The Morgan fingerprint density at radius 2 is 1.96 bits per heavy atom. The van der Waals surface area contributed by atoms with Crippen molar-refractivity contribution in [3.8, 4) is 0 Å². The van der Waals surface area contributed by atoms with Crippen LogP contribution in [-0.2, 0) is 19.6 Å². The molecule has 3 rings (SSSR count). The summed E-state index contributed by atoms with van der Waals surface area (Å²) in [6.45, 7) is 0.399. The highest BCUT2D eigenvalue weighted by Crippen LogP contribution is 2.23. The molecule has 2 amide bonds. The van der Waals surface area contributed by atoms with Gasteiger partial charge in [0.25, 0.3) is 0 Å². The number of benzene rings is 1. The lowest BCUT2D eigenvalue weighted by Gasteiger charge is -2.33. The van der Waals surface area contributed by atoms with E-state index in [2.05, 4.69) is 10.6 Å². The number of amides is 2. The lowest BCUT2D eigenvalue weighted by molar-refractivity contribution is -0.131. The first-order valence-electron chi connectivity index (χ1n) is 7.62. The quantitative estimate of drug-likeness (QED) is 0.781. The summed E-state index contributed by atoms with van der Waals surface area (Å²) in [6.07, 6.45) is 1.72. The molecule has 7 nitrogen and oxygen atoms in total. The van der Waals surface area contributed by atoms with Gasteiger partial charge in [-0.15, -0.1) is 0 Å². The van der Waals surface area contributed by atoms with Crippen LogP contribution in [0.15, 0.2) is 35.2 Å². The van der Waals surface area contributed by atoms with E-state index in [0.29, 0.717) is 0 Å². The maximum Gasteiger partial charge on any atom is 0.243 e. The fourth-order valence-corrected chi connectivity index (χ4v) is 4.20. The molecule has 0 radical (unpaired) electrons. The van der Waals surface area contributed by atoms with Crippen LogP contribution in [0.1, 0.15) is 19.3 Å². The second kappa shape index (κ2) is 6.29. The van der Waals surface area contributed by atoms with Gasteiger partial charge in [-0.05, 0) is 25.0 Å². The van der Waals surface area contributed by atoms with Crippen LogP contribution in [0.5, 0.6) is 0 Å². The topological polar surface area (TPSA) is 95.6 Å². The predicted octanol–water partition coefficient (Wildman–Crippen LogP) is -0.156. The molecule has 1 aliphatic carbocycles. The van der Waals surface area contributed by atoms with E-state index in [1.165, 1.54) is 12.1 Å². The van der Waals surface area contributed by atoms with Crippen molar-refractivity contribution in [1.82, 2.24) is 14.9 Å². The van der Waals surface area contributed by atoms with Crippen molar-refractivity contribution in [2.45, 2.75) is 36.2 Å². The first-order valence-corrected chi connectivity index (χ1v) is 9.06. The lowest BCUT2D eigenvalue weighted by Crippen LogP contribution is -2.58. The molecule has 1 saturated carbocycles. The molecule has 1 unspecified atom stereocenters. The molecule has 2 aliphatic rings. The zero-order chi connectivity index (χ0) is 16.4. The van der Waals surface area contributed by atoms with Gasteiger partial charge in [-0.3, -0.25) is 9.59 Å². The second-order valence-electron chi connectivity index (χ2n) is 5.78. The zero-order valence-corrected chi connectivity index (χ0v) is 13.4. The monoisotopic (exact) mass is 337 g/mol. The summed E-state index contributed by atoms with van der Waals surface area (Å²) in [7, 11) is -3.81. The van der Waals surface area contributed by atoms with Gasteiger partial charge >= 0.3 is 0 Å². The molecule has 1 aromatic rings. The third-order valence-corrected chi connectivity index (χ3v) is 5.88. The predicted molar refractivity (Wildman–Crippen MR) is 82.9 cm³/mol. The van der Waals surface area contributed by atoms with Gasteiger partial charge < -0.3 is 10.6 Å². The summed E-state index contributed by atoms with van der Waals surface area (Å²) in [5, 5.41) is 5.43. The summed E-state index contributed by atoms with van der Waals surface area (Å²) in [6, 6.07) is 7.13. The Bertz CT molecular complexity index is 701.